The van der Waals surface area contributed by atoms with E-state index in [4.69, 9.17) is 5.84 Å². The molecule has 1 heterocycles. The molecule has 0 fully saturated rings. The first-order valence-corrected chi connectivity index (χ1v) is 4.93. The molecule has 0 saturated carbocycles. The number of nitro benzene ring substituents is 1. The predicted molar refractivity (Wildman–Crippen MR) is 62.3 cm³/mol. The standard InChI is InChI=1S/C10H9N5O3/c11-12-10(16)9-5-8(13-14-9)6-1-3-7(4-2-6)15(17)18/h1-5H,11H2,(H,12,16)(H,13,14). The molecule has 0 bridgehead atoms. The van der Waals surface area contributed by atoms with Gasteiger partial charge in [-0.3, -0.25) is 25.4 Å². The Labute approximate surface area is 101 Å². The molecule has 0 aliphatic heterocycles. The van der Waals surface area contributed by atoms with E-state index in [1.807, 2.05) is 5.43 Å². The molecule has 1 amide bonds. The van der Waals surface area contributed by atoms with Crippen molar-refractivity contribution in [2.75, 3.05) is 0 Å². The molecule has 1 aromatic carbocycles. The number of aromatic amines is 1. The lowest BCUT2D eigenvalue weighted by molar-refractivity contribution is -0.384. The Balaban J connectivity index is 2.29. The number of carbonyl (C=O) groups excluding carboxylic acids is 1. The van der Waals surface area contributed by atoms with Crippen LogP contribution in [0.2, 0.25) is 0 Å². The summed E-state index contributed by atoms with van der Waals surface area (Å²) in [7, 11) is 0. The summed E-state index contributed by atoms with van der Waals surface area (Å²) in [5.74, 6) is 4.49. The van der Waals surface area contributed by atoms with Crippen molar-refractivity contribution in [2.45, 2.75) is 0 Å². The number of nitrogens with one attached hydrogen (secondary N) is 2. The Morgan fingerprint density at radius 2 is 2.06 bits per heavy atom. The highest BCUT2D eigenvalue weighted by atomic mass is 16.6. The van der Waals surface area contributed by atoms with Gasteiger partial charge in [-0.2, -0.15) is 5.10 Å². The quantitative estimate of drug-likeness (QED) is 0.316. The summed E-state index contributed by atoms with van der Waals surface area (Å²) in [6.07, 6.45) is 0. The summed E-state index contributed by atoms with van der Waals surface area (Å²) in [5, 5.41) is 16.9. The van der Waals surface area contributed by atoms with Crippen LogP contribution in [0.1, 0.15) is 10.5 Å². The molecule has 0 saturated heterocycles. The number of benzene rings is 1. The molecule has 1 aromatic heterocycles. The minimum Gasteiger partial charge on any atom is -0.289 e. The number of nitrogen functional groups attached to an aromatic ring is 1. The summed E-state index contributed by atoms with van der Waals surface area (Å²) in [5.41, 5.74) is 3.34. The van der Waals surface area contributed by atoms with Crippen molar-refractivity contribution in [2.24, 2.45) is 5.84 Å². The molecule has 2 rings (SSSR count). The molecule has 0 aliphatic carbocycles. The normalized spacial score (nSPS) is 10.1. The van der Waals surface area contributed by atoms with E-state index >= 15 is 0 Å². The number of nitrogens with two attached hydrogens (primary N) is 1. The van der Waals surface area contributed by atoms with Crippen molar-refractivity contribution in [3.05, 3.63) is 46.1 Å². The minimum atomic E-state index is -0.490. The van der Waals surface area contributed by atoms with E-state index in [1.54, 1.807) is 12.1 Å². The van der Waals surface area contributed by atoms with Crippen LogP contribution in [-0.2, 0) is 0 Å². The van der Waals surface area contributed by atoms with Gasteiger partial charge in [-0.1, -0.05) is 0 Å². The highest BCUT2D eigenvalue weighted by molar-refractivity contribution is 5.92. The molecule has 8 heteroatoms. The van der Waals surface area contributed by atoms with E-state index in [-0.39, 0.29) is 11.4 Å². The van der Waals surface area contributed by atoms with Crippen molar-refractivity contribution < 1.29 is 9.72 Å². The van der Waals surface area contributed by atoms with Gasteiger partial charge in [0, 0.05) is 17.7 Å². The number of H-pyrrole nitrogens is 1. The van der Waals surface area contributed by atoms with E-state index < -0.39 is 10.8 Å². The first kappa shape index (κ1) is 11.7. The van der Waals surface area contributed by atoms with Gasteiger partial charge < -0.3 is 0 Å². The number of amides is 1. The van der Waals surface area contributed by atoms with E-state index in [2.05, 4.69) is 10.2 Å². The molecule has 0 spiro atoms. The third-order valence-corrected chi connectivity index (χ3v) is 2.33. The number of hydrazine groups is 1. The van der Waals surface area contributed by atoms with Crippen LogP contribution in [0.3, 0.4) is 0 Å². The summed E-state index contributed by atoms with van der Waals surface area (Å²) in [6, 6.07) is 7.35. The Morgan fingerprint density at radius 1 is 1.39 bits per heavy atom. The van der Waals surface area contributed by atoms with Gasteiger partial charge in [0.25, 0.3) is 11.6 Å². The molecule has 2 aromatic rings. The van der Waals surface area contributed by atoms with Gasteiger partial charge in [0.2, 0.25) is 0 Å². The molecule has 92 valence electrons. The van der Waals surface area contributed by atoms with E-state index in [9.17, 15) is 14.9 Å². The lowest BCUT2D eigenvalue weighted by Gasteiger charge is -1.95. The van der Waals surface area contributed by atoms with E-state index in [1.165, 1.54) is 18.2 Å². The van der Waals surface area contributed by atoms with Crippen LogP contribution < -0.4 is 11.3 Å². The van der Waals surface area contributed by atoms with Gasteiger partial charge in [-0.05, 0) is 18.2 Å². The summed E-state index contributed by atoms with van der Waals surface area (Å²) < 4.78 is 0. The fourth-order valence-electron chi connectivity index (χ4n) is 1.42. The maximum atomic E-state index is 11.2. The second-order valence-corrected chi connectivity index (χ2v) is 3.44. The van der Waals surface area contributed by atoms with Crippen LogP contribution in [0.4, 0.5) is 5.69 Å². The van der Waals surface area contributed by atoms with Crippen molar-refractivity contribution in [1.29, 1.82) is 0 Å². The van der Waals surface area contributed by atoms with Crippen molar-refractivity contribution in [3.8, 4) is 11.3 Å². The smallest absolute Gasteiger partial charge is 0.283 e. The van der Waals surface area contributed by atoms with Crippen LogP contribution in [0.5, 0.6) is 0 Å². The Kier molecular flexibility index (Phi) is 3.02. The fourth-order valence-corrected chi connectivity index (χ4v) is 1.42. The molecule has 8 nitrogen and oxygen atoms in total. The zero-order valence-electron chi connectivity index (χ0n) is 9.08. The SMILES string of the molecule is NNC(=O)c1cc(-c2ccc([N+](=O)[O-])cc2)n[nH]1. The molecule has 18 heavy (non-hydrogen) atoms. The fraction of sp³-hybridized carbons (Fsp3) is 0. The number of hydrogen-bond acceptors (Lipinski definition) is 5. The largest absolute Gasteiger partial charge is 0.289 e. The number of nitro groups is 1. The number of aromatic nitrogens is 2. The van der Waals surface area contributed by atoms with Crippen LogP contribution in [-0.4, -0.2) is 21.0 Å². The first-order chi connectivity index (χ1) is 8.61. The molecule has 0 unspecified atom stereocenters. The zero-order valence-corrected chi connectivity index (χ0v) is 9.08. The van der Waals surface area contributed by atoms with Gasteiger partial charge in [0.1, 0.15) is 5.69 Å². The number of rotatable bonds is 3. The maximum Gasteiger partial charge on any atom is 0.283 e. The van der Waals surface area contributed by atoms with Gasteiger partial charge in [-0.25, -0.2) is 5.84 Å². The van der Waals surface area contributed by atoms with Crippen molar-refractivity contribution >= 4 is 11.6 Å². The van der Waals surface area contributed by atoms with Crippen LogP contribution in [0.15, 0.2) is 30.3 Å². The van der Waals surface area contributed by atoms with Gasteiger partial charge in [-0.15, -0.1) is 0 Å². The van der Waals surface area contributed by atoms with Gasteiger partial charge >= 0.3 is 0 Å². The van der Waals surface area contributed by atoms with Gasteiger partial charge in [0.15, 0.2) is 0 Å². The topological polar surface area (TPSA) is 127 Å². The molecule has 0 atom stereocenters. The predicted octanol–water partition coefficient (Wildman–Crippen LogP) is 0.588. The Bertz CT molecular complexity index is 590. The molecule has 4 N–H and O–H groups in total. The second-order valence-electron chi connectivity index (χ2n) is 3.44. The van der Waals surface area contributed by atoms with Gasteiger partial charge in [0.05, 0.1) is 10.6 Å². The van der Waals surface area contributed by atoms with E-state index in [0.29, 0.717) is 11.3 Å². The number of hydrogen-bond donors (Lipinski definition) is 3. The lowest BCUT2D eigenvalue weighted by atomic mass is 10.1. The zero-order chi connectivity index (χ0) is 13.1. The number of non-ortho nitro benzene ring substituents is 1. The lowest BCUT2D eigenvalue weighted by Crippen LogP contribution is -2.30. The summed E-state index contributed by atoms with van der Waals surface area (Å²) in [6.45, 7) is 0. The number of carbonyl (C=O) groups is 1. The molecule has 0 radical (unpaired) electrons. The maximum absolute atomic E-state index is 11.2. The van der Waals surface area contributed by atoms with Crippen LogP contribution in [0, 0.1) is 10.1 Å². The average Bonchev–Trinajstić information content (AvgIpc) is 2.87. The third kappa shape index (κ3) is 2.18. The van der Waals surface area contributed by atoms with Crippen LogP contribution in [0.25, 0.3) is 11.3 Å². The first-order valence-electron chi connectivity index (χ1n) is 4.93. The van der Waals surface area contributed by atoms with Crippen molar-refractivity contribution in [1.82, 2.24) is 15.6 Å². The monoisotopic (exact) mass is 247 g/mol. The Morgan fingerprint density at radius 3 is 2.61 bits per heavy atom. The minimum absolute atomic E-state index is 0.00536. The molecular formula is C10H9N5O3. The molecular weight excluding hydrogens is 238 g/mol. The summed E-state index contributed by atoms with van der Waals surface area (Å²) >= 11 is 0. The van der Waals surface area contributed by atoms with E-state index in [0.717, 1.165) is 0 Å². The highest BCUT2D eigenvalue weighted by Crippen LogP contribution is 2.21. The number of nitrogens with zero attached hydrogens (tertiary/aromatic N) is 2. The third-order valence-electron chi connectivity index (χ3n) is 2.33. The Hall–Kier alpha value is -2.74. The average molecular weight is 247 g/mol. The van der Waals surface area contributed by atoms with Crippen LogP contribution >= 0.6 is 0 Å². The summed E-state index contributed by atoms with van der Waals surface area (Å²) in [4.78, 5) is 21.2. The van der Waals surface area contributed by atoms with Crippen molar-refractivity contribution in [3.63, 3.8) is 0 Å². The second kappa shape index (κ2) is 4.63. The molecule has 0 aliphatic rings. The highest BCUT2D eigenvalue weighted by Gasteiger charge is 2.11.